The summed E-state index contributed by atoms with van der Waals surface area (Å²) in [5.41, 5.74) is 3.43. The Kier molecular flexibility index (Phi) is 2.74. The number of hydrogen-bond donors (Lipinski definition) is 1. The maximum Gasteiger partial charge on any atom is 0.134 e. The number of nitrogens with zero attached hydrogens (tertiary/aromatic N) is 2. The largest absolute Gasteiger partial charge is 0.373 e. The number of nitrogens with one attached hydrogen (secondary N) is 1. The summed E-state index contributed by atoms with van der Waals surface area (Å²) in [5, 5.41) is 3.12. The van der Waals surface area contributed by atoms with E-state index in [4.69, 9.17) is 4.98 Å². The molecule has 1 heterocycles. The van der Waals surface area contributed by atoms with E-state index in [1.165, 1.54) is 18.4 Å². The van der Waals surface area contributed by atoms with Crippen LogP contribution in [0, 0.1) is 6.92 Å². The summed E-state index contributed by atoms with van der Waals surface area (Å²) in [4.78, 5) is 9.23. The summed E-state index contributed by atoms with van der Waals surface area (Å²) >= 11 is 0. The molecule has 0 spiro atoms. The van der Waals surface area contributed by atoms with Crippen molar-refractivity contribution in [3.05, 3.63) is 41.7 Å². The average Bonchev–Trinajstić information content (AvgIpc) is 3.23. The molecule has 3 nitrogen and oxygen atoms in total. The van der Waals surface area contributed by atoms with Crippen molar-refractivity contribution in [3.63, 3.8) is 0 Å². The zero-order chi connectivity index (χ0) is 12.5. The molecule has 0 bridgehead atoms. The van der Waals surface area contributed by atoms with E-state index in [-0.39, 0.29) is 0 Å². The maximum atomic E-state index is 4.69. The Morgan fingerprint density at radius 2 is 1.83 bits per heavy atom. The van der Waals surface area contributed by atoms with Crippen molar-refractivity contribution in [2.24, 2.45) is 0 Å². The minimum Gasteiger partial charge on any atom is -0.373 e. The van der Waals surface area contributed by atoms with Gasteiger partial charge >= 0.3 is 0 Å². The summed E-state index contributed by atoms with van der Waals surface area (Å²) in [6.07, 6.45) is 2.45. The Hall–Kier alpha value is -1.90. The van der Waals surface area contributed by atoms with Gasteiger partial charge < -0.3 is 5.32 Å². The van der Waals surface area contributed by atoms with E-state index < -0.39 is 0 Å². The Morgan fingerprint density at radius 1 is 1.11 bits per heavy atom. The van der Waals surface area contributed by atoms with Crippen LogP contribution in [0.4, 0.5) is 5.82 Å². The Bertz CT molecular complexity index is 556. The molecule has 0 radical (unpaired) electrons. The van der Waals surface area contributed by atoms with Crippen molar-refractivity contribution < 1.29 is 0 Å². The third-order valence-corrected chi connectivity index (χ3v) is 3.29. The van der Waals surface area contributed by atoms with E-state index in [2.05, 4.69) is 41.5 Å². The third kappa shape index (κ3) is 2.21. The first kappa shape index (κ1) is 11.2. The van der Waals surface area contributed by atoms with E-state index in [0.29, 0.717) is 5.92 Å². The van der Waals surface area contributed by atoms with Crippen molar-refractivity contribution in [2.75, 3.05) is 12.4 Å². The number of hydrogen-bond acceptors (Lipinski definition) is 3. The monoisotopic (exact) mass is 239 g/mol. The summed E-state index contributed by atoms with van der Waals surface area (Å²) in [7, 11) is 1.90. The molecule has 2 aromatic rings. The molecule has 1 aromatic carbocycles. The van der Waals surface area contributed by atoms with Gasteiger partial charge in [0.25, 0.3) is 0 Å². The molecule has 1 fully saturated rings. The second-order valence-electron chi connectivity index (χ2n) is 4.89. The molecule has 0 amide bonds. The van der Waals surface area contributed by atoms with Crippen LogP contribution in [0.2, 0.25) is 0 Å². The molecule has 3 heteroatoms. The van der Waals surface area contributed by atoms with Crippen LogP contribution in [-0.4, -0.2) is 17.0 Å². The summed E-state index contributed by atoms with van der Waals surface area (Å²) < 4.78 is 0. The SMILES string of the molecule is CNc1cc(-c2ccc(C)cc2)nc(C2CC2)n1. The van der Waals surface area contributed by atoms with Crippen LogP contribution in [0.3, 0.4) is 0 Å². The number of aromatic nitrogens is 2. The average molecular weight is 239 g/mol. The van der Waals surface area contributed by atoms with Gasteiger partial charge in [-0.3, -0.25) is 0 Å². The van der Waals surface area contributed by atoms with E-state index in [9.17, 15) is 0 Å². The Balaban J connectivity index is 2.04. The van der Waals surface area contributed by atoms with Crippen LogP contribution in [-0.2, 0) is 0 Å². The van der Waals surface area contributed by atoms with Gasteiger partial charge in [-0.2, -0.15) is 0 Å². The molecule has 1 aliphatic carbocycles. The lowest BCUT2D eigenvalue weighted by Gasteiger charge is -2.07. The second-order valence-corrected chi connectivity index (χ2v) is 4.89. The van der Waals surface area contributed by atoms with Crippen LogP contribution < -0.4 is 5.32 Å². The predicted octanol–water partition coefficient (Wildman–Crippen LogP) is 3.37. The fraction of sp³-hybridized carbons (Fsp3) is 0.333. The molecule has 1 N–H and O–H groups in total. The highest BCUT2D eigenvalue weighted by Crippen LogP contribution is 2.39. The fourth-order valence-electron chi connectivity index (χ4n) is 1.99. The summed E-state index contributed by atoms with van der Waals surface area (Å²) in [5.74, 6) is 2.46. The molecule has 18 heavy (non-hydrogen) atoms. The first-order chi connectivity index (χ1) is 8.76. The molecular weight excluding hydrogens is 222 g/mol. The van der Waals surface area contributed by atoms with Crippen LogP contribution >= 0.6 is 0 Å². The molecule has 1 saturated carbocycles. The lowest BCUT2D eigenvalue weighted by Crippen LogP contribution is -2.00. The van der Waals surface area contributed by atoms with E-state index in [1.807, 2.05) is 13.1 Å². The number of rotatable bonds is 3. The summed E-state index contributed by atoms with van der Waals surface area (Å²) in [6.45, 7) is 2.10. The lowest BCUT2D eigenvalue weighted by atomic mass is 10.1. The van der Waals surface area contributed by atoms with E-state index in [0.717, 1.165) is 22.9 Å². The standard InChI is InChI=1S/C15H17N3/c1-10-3-5-11(6-4-10)13-9-14(16-2)18-15(17-13)12-7-8-12/h3-6,9,12H,7-8H2,1-2H3,(H,16,17,18). The highest BCUT2D eigenvalue weighted by molar-refractivity contribution is 5.63. The zero-order valence-corrected chi connectivity index (χ0v) is 10.8. The Labute approximate surface area is 107 Å². The lowest BCUT2D eigenvalue weighted by molar-refractivity contribution is 0.932. The van der Waals surface area contributed by atoms with E-state index in [1.54, 1.807) is 0 Å². The van der Waals surface area contributed by atoms with Crippen molar-refractivity contribution in [2.45, 2.75) is 25.7 Å². The molecular formula is C15H17N3. The first-order valence-electron chi connectivity index (χ1n) is 6.40. The Morgan fingerprint density at radius 3 is 2.44 bits per heavy atom. The third-order valence-electron chi connectivity index (χ3n) is 3.29. The minimum absolute atomic E-state index is 0.572. The van der Waals surface area contributed by atoms with Gasteiger partial charge in [-0.25, -0.2) is 9.97 Å². The molecule has 3 rings (SSSR count). The molecule has 0 aliphatic heterocycles. The molecule has 92 valence electrons. The van der Waals surface area contributed by atoms with Gasteiger partial charge in [0.2, 0.25) is 0 Å². The maximum absolute atomic E-state index is 4.69. The quantitative estimate of drug-likeness (QED) is 0.892. The van der Waals surface area contributed by atoms with Gasteiger partial charge in [0.15, 0.2) is 0 Å². The topological polar surface area (TPSA) is 37.8 Å². The van der Waals surface area contributed by atoms with Crippen LogP contribution in [0.1, 0.15) is 30.1 Å². The first-order valence-corrected chi connectivity index (χ1v) is 6.40. The predicted molar refractivity (Wildman–Crippen MR) is 73.7 cm³/mol. The van der Waals surface area contributed by atoms with Gasteiger partial charge in [0.05, 0.1) is 5.69 Å². The molecule has 0 unspecified atom stereocenters. The number of anilines is 1. The number of benzene rings is 1. The van der Waals surface area contributed by atoms with Crippen LogP contribution in [0.5, 0.6) is 0 Å². The van der Waals surface area contributed by atoms with Crippen LogP contribution in [0.15, 0.2) is 30.3 Å². The van der Waals surface area contributed by atoms with Crippen molar-refractivity contribution in [1.29, 1.82) is 0 Å². The smallest absolute Gasteiger partial charge is 0.134 e. The van der Waals surface area contributed by atoms with Gasteiger partial charge in [-0.1, -0.05) is 29.8 Å². The van der Waals surface area contributed by atoms with E-state index >= 15 is 0 Å². The minimum atomic E-state index is 0.572. The van der Waals surface area contributed by atoms with Gasteiger partial charge in [0.1, 0.15) is 11.6 Å². The molecule has 0 atom stereocenters. The zero-order valence-electron chi connectivity index (χ0n) is 10.8. The molecule has 1 aliphatic rings. The van der Waals surface area contributed by atoms with Crippen molar-refractivity contribution in [3.8, 4) is 11.3 Å². The second kappa shape index (κ2) is 4.41. The van der Waals surface area contributed by atoms with Gasteiger partial charge in [-0.05, 0) is 19.8 Å². The van der Waals surface area contributed by atoms with Crippen LogP contribution in [0.25, 0.3) is 11.3 Å². The highest BCUT2D eigenvalue weighted by Gasteiger charge is 2.27. The summed E-state index contributed by atoms with van der Waals surface area (Å²) in [6, 6.07) is 10.5. The number of aryl methyl sites for hydroxylation is 1. The fourth-order valence-corrected chi connectivity index (χ4v) is 1.99. The highest BCUT2D eigenvalue weighted by atomic mass is 15.0. The molecule has 1 aromatic heterocycles. The normalized spacial score (nSPS) is 14.6. The van der Waals surface area contributed by atoms with Gasteiger partial charge in [-0.15, -0.1) is 0 Å². The van der Waals surface area contributed by atoms with Gasteiger partial charge in [0, 0.05) is 24.6 Å². The molecule has 0 saturated heterocycles. The van der Waals surface area contributed by atoms with Crippen molar-refractivity contribution in [1.82, 2.24) is 9.97 Å². The van der Waals surface area contributed by atoms with Crippen molar-refractivity contribution >= 4 is 5.82 Å².